The van der Waals surface area contributed by atoms with Crippen molar-refractivity contribution in [2.75, 3.05) is 31.5 Å². The number of benzene rings is 1. The minimum atomic E-state index is -3.61. The molecule has 1 fully saturated rings. The molecule has 7 nitrogen and oxygen atoms in total. The Morgan fingerprint density at radius 3 is 2.46 bits per heavy atom. The smallest absolute Gasteiger partial charge is 0.243 e. The van der Waals surface area contributed by atoms with Crippen LogP contribution in [0.4, 0.5) is 5.69 Å². The zero-order valence-corrected chi connectivity index (χ0v) is 14.6. The normalized spacial score (nSPS) is 18.6. The van der Waals surface area contributed by atoms with E-state index in [1.165, 1.54) is 10.4 Å². The highest BCUT2D eigenvalue weighted by Crippen LogP contribution is 2.27. The lowest BCUT2D eigenvalue weighted by Gasteiger charge is -2.34. The first kappa shape index (κ1) is 16.9. The Labute approximate surface area is 141 Å². The van der Waals surface area contributed by atoms with Gasteiger partial charge in [0.15, 0.2) is 0 Å². The Bertz CT molecular complexity index is 781. The number of rotatable bonds is 3. The maximum atomic E-state index is 12.8. The Hall–Kier alpha value is -1.93. The molecule has 2 heterocycles. The summed E-state index contributed by atoms with van der Waals surface area (Å²) in [5.74, 6) is -0.163. The van der Waals surface area contributed by atoms with Crippen molar-refractivity contribution < 1.29 is 18.0 Å². The van der Waals surface area contributed by atoms with Crippen molar-refractivity contribution in [2.24, 2.45) is 5.92 Å². The van der Waals surface area contributed by atoms with E-state index >= 15 is 0 Å². The molecule has 1 N–H and O–H groups in total. The van der Waals surface area contributed by atoms with Gasteiger partial charge >= 0.3 is 0 Å². The van der Waals surface area contributed by atoms with Crippen molar-refractivity contribution in [1.29, 1.82) is 0 Å². The van der Waals surface area contributed by atoms with Crippen molar-refractivity contribution in [3.05, 3.63) is 23.8 Å². The molecule has 0 unspecified atom stereocenters. The van der Waals surface area contributed by atoms with Crippen LogP contribution < -0.4 is 5.32 Å². The zero-order chi connectivity index (χ0) is 17.5. The summed E-state index contributed by atoms with van der Waals surface area (Å²) >= 11 is 0. The van der Waals surface area contributed by atoms with E-state index in [-0.39, 0.29) is 42.1 Å². The fourth-order valence-electron chi connectivity index (χ4n) is 3.03. The lowest BCUT2D eigenvalue weighted by molar-refractivity contribution is -0.135. The summed E-state index contributed by atoms with van der Waals surface area (Å²) in [4.78, 5) is 25.3. The molecule has 0 atom stereocenters. The van der Waals surface area contributed by atoms with Crippen LogP contribution >= 0.6 is 0 Å². The second-order valence-corrected chi connectivity index (χ2v) is 8.37. The maximum Gasteiger partial charge on any atom is 0.243 e. The van der Waals surface area contributed by atoms with Gasteiger partial charge in [0.05, 0.1) is 11.3 Å². The van der Waals surface area contributed by atoms with E-state index in [2.05, 4.69) is 5.32 Å². The van der Waals surface area contributed by atoms with Crippen molar-refractivity contribution in [3.63, 3.8) is 0 Å². The molecule has 2 amide bonds. The second kappa shape index (κ2) is 6.18. The van der Waals surface area contributed by atoms with Crippen LogP contribution in [0, 0.1) is 5.92 Å². The molecule has 130 valence electrons. The van der Waals surface area contributed by atoms with Gasteiger partial charge in [-0.2, -0.15) is 4.31 Å². The number of piperazine rings is 1. The number of carbonyl (C=O) groups is 2. The number of sulfonamides is 1. The number of anilines is 1. The summed E-state index contributed by atoms with van der Waals surface area (Å²) in [5, 5.41) is 2.69. The molecule has 0 radical (unpaired) electrons. The number of nitrogens with one attached hydrogen (secondary N) is 1. The molecule has 0 saturated carbocycles. The Morgan fingerprint density at radius 1 is 1.17 bits per heavy atom. The highest BCUT2D eigenvalue weighted by Gasteiger charge is 2.31. The van der Waals surface area contributed by atoms with Gasteiger partial charge in [0.2, 0.25) is 21.8 Å². The van der Waals surface area contributed by atoms with E-state index in [4.69, 9.17) is 0 Å². The fourth-order valence-corrected chi connectivity index (χ4v) is 4.50. The third kappa shape index (κ3) is 3.03. The van der Waals surface area contributed by atoms with Crippen LogP contribution in [0.5, 0.6) is 0 Å². The monoisotopic (exact) mass is 351 g/mol. The van der Waals surface area contributed by atoms with Gasteiger partial charge in [-0.1, -0.05) is 13.8 Å². The Kier molecular flexibility index (Phi) is 4.35. The van der Waals surface area contributed by atoms with E-state index in [1.807, 2.05) is 13.8 Å². The highest BCUT2D eigenvalue weighted by molar-refractivity contribution is 7.89. The van der Waals surface area contributed by atoms with Gasteiger partial charge in [0, 0.05) is 37.8 Å². The summed E-state index contributed by atoms with van der Waals surface area (Å²) in [6.07, 6.45) is 0.204. The summed E-state index contributed by atoms with van der Waals surface area (Å²) in [5.41, 5.74) is 1.38. The van der Waals surface area contributed by atoms with Gasteiger partial charge in [-0.25, -0.2) is 8.42 Å². The minimum Gasteiger partial charge on any atom is -0.340 e. The van der Waals surface area contributed by atoms with Crippen LogP contribution in [-0.2, 0) is 26.0 Å². The summed E-state index contributed by atoms with van der Waals surface area (Å²) in [6, 6.07) is 4.71. The van der Waals surface area contributed by atoms with Crippen LogP contribution in [0.3, 0.4) is 0 Å². The average Bonchev–Trinajstić information content (AvgIpc) is 2.93. The van der Waals surface area contributed by atoms with Gasteiger partial charge in [-0.05, 0) is 23.8 Å². The van der Waals surface area contributed by atoms with Crippen LogP contribution in [-0.4, -0.2) is 55.6 Å². The molecule has 2 aliphatic rings. The molecule has 0 aliphatic carbocycles. The lowest BCUT2D eigenvalue weighted by atomic mass is 10.2. The standard InChI is InChI=1S/C16H21N3O4S/c1-11(2)16(21)18-5-7-19(8-6-18)24(22,23)13-3-4-14-12(9-13)10-15(20)17-14/h3-4,9,11H,5-8,10H2,1-2H3,(H,17,20). The van der Waals surface area contributed by atoms with Gasteiger partial charge in [-0.15, -0.1) is 0 Å². The molecule has 3 rings (SSSR count). The maximum absolute atomic E-state index is 12.8. The third-order valence-electron chi connectivity index (χ3n) is 4.38. The molecule has 1 saturated heterocycles. The first-order valence-electron chi connectivity index (χ1n) is 8.01. The summed E-state index contributed by atoms with van der Waals surface area (Å²) < 4.78 is 27.0. The van der Waals surface area contributed by atoms with Crippen LogP contribution in [0.25, 0.3) is 0 Å². The number of nitrogens with zero attached hydrogens (tertiary/aromatic N) is 2. The minimum absolute atomic E-state index is 0.0502. The van der Waals surface area contributed by atoms with Crippen LogP contribution in [0.1, 0.15) is 19.4 Å². The average molecular weight is 351 g/mol. The van der Waals surface area contributed by atoms with E-state index in [1.54, 1.807) is 17.0 Å². The largest absolute Gasteiger partial charge is 0.340 e. The number of hydrogen-bond acceptors (Lipinski definition) is 4. The highest BCUT2D eigenvalue weighted by atomic mass is 32.2. The molecular formula is C16H21N3O4S. The van der Waals surface area contributed by atoms with Crippen LogP contribution in [0.15, 0.2) is 23.1 Å². The Balaban J connectivity index is 1.75. The summed E-state index contributed by atoms with van der Waals surface area (Å²) in [7, 11) is -3.61. The summed E-state index contributed by atoms with van der Waals surface area (Å²) in [6.45, 7) is 5.06. The van der Waals surface area contributed by atoms with Gasteiger partial charge in [0.1, 0.15) is 0 Å². The molecule has 0 aromatic heterocycles. The van der Waals surface area contributed by atoms with Gasteiger partial charge in [-0.3, -0.25) is 9.59 Å². The SMILES string of the molecule is CC(C)C(=O)N1CCN(S(=O)(=O)c2ccc3c(c2)CC(=O)N3)CC1. The van der Waals surface area contributed by atoms with Crippen molar-refractivity contribution in [1.82, 2.24) is 9.21 Å². The third-order valence-corrected chi connectivity index (χ3v) is 6.28. The predicted octanol–water partition coefficient (Wildman–Crippen LogP) is 0.670. The van der Waals surface area contributed by atoms with Crippen molar-refractivity contribution >= 4 is 27.5 Å². The first-order chi connectivity index (χ1) is 11.3. The van der Waals surface area contributed by atoms with E-state index < -0.39 is 10.0 Å². The fraction of sp³-hybridized carbons (Fsp3) is 0.500. The predicted molar refractivity (Wildman–Crippen MR) is 89.0 cm³/mol. The molecule has 1 aromatic carbocycles. The zero-order valence-electron chi connectivity index (χ0n) is 13.8. The van der Waals surface area contributed by atoms with Crippen molar-refractivity contribution in [3.8, 4) is 0 Å². The van der Waals surface area contributed by atoms with Crippen LogP contribution in [0.2, 0.25) is 0 Å². The quantitative estimate of drug-likeness (QED) is 0.867. The van der Waals surface area contributed by atoms with Gasteiger partial charge in [0.25, 0.3) is 0 Å². The van der Waals surface area contributed by atoms with Crippen molar-refractivity contribution in [2.45, 2.75) is 25.2 Å². The van der Waals surface area contributed by atoms with E-state index in [0.29, 0.717) is 24.3 Å². The molecule has 8 heteroatoms. The van der Waals surface area contributed by atoms with Gasteiger partial charge < -0.3 is 10.2 Å². The molecule has 2 aliphatic heterocycles. The molecule has 0 spiro atoms. The molecule has 0 bridgehead atoms. The molecule has 1 aromatic rings. The lowest BCUT2D eigenvalue weighted by Crippen LogP contribution is -2.51. The number of carbonyl (C=O) groups excluding carboxylic acids is 2. The number of amides is 2. The topological polar surface area (TPSA) is 86.8 Å². The second-order valence-electron chi connectivity index (χ2n) is 6.43. The van der Waals surface area contributed by atoms with E-state index in [0.717, 1.165) is 0 Å². The number of fused-ring (bicyclic) bond motifs is 1. The Morgan fingerprint density at radius 2 is 1.83 bits per heavy atom. The van der Waals surface area contributed by atoms with E-state index in [9.17, 15) is 18.0 Å². The first-order valence-corrected chi connectivity index (χ1v) is 9.45. The number of hydrogen-bond donors (Lipinski definition) is 1. The molecule has 24 heavy (non-hydrogen) atoms. The molecular weight excluding hydrogens is 330 g/mol.